The highest BCUT2D eigenvalue weighted by Gasteiger charge is 2.34. The van der Waals surface area contributed by atoms with E-state index in [2.05, 4.69) is 43.5 Å². The maximum atomic E-state index is 12.9. The second kappa shape index (κ2) is 8.48. The summed E-state index contributed by atoms with van der Waals surface area (Å²) in [6.45, 7) is 5.92. The van der Waals surface area contributed by atoms with Crippen molar-refractivity contribution in [3.63, 3.8) is 0 Å². The van der Waals surface area contributed by atoms with Crippen LogP contribution in [0.1, 0.15) is 30.9 Å². The minimum atomic E-state index is -0.140. The zero-order valence-corrected chi connectivity index (χ0v) is 19.0. The van der Waals surface area contributed by atoms with Crippen LogP contribution in [0.5, 0.6) is 0 Å². The quantitative estimate of drug-likeness (QED) is 0.378. The highest BCUT2D eigenvalue weighted by molar-refractivity contribution is 9.10. The highest BCUT2D eigenvalue weighted by atomic mass is 79.9. The first-order valence-corrected chi connectivity index (χ1v) is 11.5. The molecular weight excluding hydrogens is 456 g/mol. The predicted molar refractivity (Wildman–Crippen MR) is 127 cm³/mol. The second-order valence-corrected chi connectivity index (χ2v) is 9.30. The van der Waals surface area contributed by atoms with Gasteiger partial charge in [0.05, 0.1) is 11.3 Å². The van der Waals surface area contributed by atoms with E-state index in [4.69, 9.17) is 4.84 Å². The van der Waals surface area contributed by atoms with E-state index in [-0.39, 0.29) is 5.91 Å². The van der Waals surface area contributed by atoms with Crippen molar-refractivity contribution in [2.24, 2.45) is 11.1 Å². The Labute approximate surface area is 190 Å². The molecule has 2 aromatic rings. The lowest BCUT2D eigenvalue weighted by molar-refractivity contribution is -0.110. The molecule has 7 heteroatoms. The van der Waals surface area contributed by atoms with Crippen LogP contribution in [0.25, 0.3) is 5.57 Å². The fourth-order valence-corrected chi connectivity index (χ4v) is 4.92. The molecule has 2 aromatic carbocycles. The van der Waals surface area contributed by atoms with Gasteiger partial charge in [-0.05, 0) is 49.6 Å². The van der Waals surface area contributed by atoms with Crippen molar-refractivity contribution in [1.82, 2.24) is 4.90 Å². The van der Waals surface area contributed by atoms with Gasteiger partial charge in [0.2, 0.25) is 0 Å². The predicted octanol–water partition coefficient (Wildman–Crippen LogP) is 4.69. The van der Waals surface area contributed by atoms with Crippen molar-refractivity contribution >= 4 is 44.5 Å². The summed E-state index contributed by atoms with van der Waals surface area (Å²) in [4.78, 5) is 21.1. The number of oxime groups is 1. The summed E-state index contributed by atoms with van der Waals surface area (Å²) in [5.41, 5.74) is 5.45. The van der Waals surface area contributed by atoms with Crippen LogP contribution in [0.2, 0.25) is 0 Å². The smallest absolute Gasteiger partial charge is 0.258 e. The van der Waals surface area contributed by atoms with Crippen molar-refractivity contribution in [2.45, 2.75) is 19.8 Å². The molecule has 0 saturated carbocycles. The lowest BCUT2D eigenvalue weighted by atomic mass is 10.0. The fourth-order valence-electron chi connectivity index (χ4n) is 4.56. The first kappa shape index (κ1) is 20.3. The highest BCUT2D eigenvalue weighted by Crippen LogP contribution is 2.40. The number of rotatable bonds is 4. The van der Waals surface area contributed by atoms with Gasteiger partial charge in [0.1, 0.15) is 12.3 Å². The topological polar surface area (TPSA) is 66.0 Å². The van der Waals surface area contributed by atoms with Crippen LogP contribution in [-0.4, -0.2) is 42.8 Å². The summed E-state index contributed by atoms with van der Waals surface area (Å²) in [5.74, 6) is 0.598. The van der Waals surface area contributed by atoms with Gasteiger partial charge in [-0.25, -0.2) is 0 Å². The van der Waals surface area contributed by atoms with E-state index in [0.29, 0.717) is 23.6 Å². The number of halogens is 1. The number of nitrogens with zero attached hydrogens (tertiary/aromatic N) is 2. The Morgan fingerprint density at radius 3 is 2.87 bits per heavy atom. The molecule has 1 saturated heterocycles. The molecule has 5 rings (SSSR count). The molecule has 1 fully saturated rings. The third kappa shape index (κ3) is 4.00. The normalized spacial score (nSPS) is 24.0. The van der Waals surface area contributed by atoms with Gasteiger partial charge >= 0.3 is 0 Å². The molecule has 1 unspecified atom stereocenters. The number of carbonyl (C=O) groups is 1. The molecule has 0 aromatic heterocycles. The molecule has 2 N–H and O–H groups in total. The SMILES string of the molecule is CC1CCCN(CCO/N=C2/C(=C3/C(=O)Nc4ccc(Br)cc43)Nc3ccccc32)C1. The number of piperidine rings is 1. The number of para-hydroxylation sites is 1. The average Bonchev–Trinajstić information content (AvgIpc) is 3.27. The second-order valence-electron chi connectivity index (χ2n) is 8.39. The van der Waals surface area contributed by atoms with E-state index in [1.165, 1.54) is 12.8 Å². The number of fused-ring (bicyclic) bond motifs is 2. The fraction of sp³-hybridized carbons (Fsp3) is 0.333. The van der Waals surface area contributed by atoms with Gasteiger partial charge in [-0.3, -0.25) is 9.69 Å². The van der Waals surface area contributed by atoms with E-state index in [1.54, 1.807) is 0 Å². The Bertz CT molecular complexity index is 1090. The Kier molecular flexibility index (Phi) is 5.54. The van der Waals surface area contributed by atoms with E-state index in [1.807, 2.05) is 42.5 Å². The molecule has 0 bridgehead atoms. The number of amides is 1. The standard InChI is InChI=1S/C24H25BrN4O2/c1-15-5-4-10-29(14-15)11-12-31-28-22-17-6-2-3-7-19(17)26-23(22)21-18-13-16(25)8-9-20(18)27-24(21)30/h2-3,6-9,13,15,26H,4-5,10-12,14H2,1H3,(H,27,30)/b23-21-,28-22+. The van der Waals surface area contributed by atoms with Crippen LogP contribution in [0.4, 0.5) is 11.4 Å². The van der Waals surface area contributed by atoms with Gasteiger partial charge in [-0.2, -0.15) is 0 Å². The Balaban J connectivity index is 1.44. The summed E-state index contributed by atoms with van der Waals surface area (Å²) in [5, 5.41) is 10.9. The Hall–Kier alpha value is -2.64. The number of hydrogen-bond donors (Lipinski definition) is 2. The van der Waals surface area contributed by atoms with Crippen molar-refractivity contribution in [3.8, 4) is 0 Å². The lowest BCUT2D eigenvalue weighted by Crippen LogP contribution is -2.36. The van der Waals surface area contributed by atoms with Gasteiger partial charge in [-0.1, -0.05) is 46.2 Å². The molecule has 1 atom stereocenters. The maximum absolute atomic E-state index is 12.9. The first-order valence-electron chi connectivity index (χ1n) is 10.7. The molecule has 6 nitrogen and oxygen atoms in total. The van der Waals surface area contributed by atoms with E-state index in [9.17, 15) is 4.79 Å². The molecule has 1 amide bonds. The minimum Gasteiger partial charge on any atom is -0.394 e. The number of likely N-dealkylation sites (tertiary alicyclic amines) is 1. The molecule has 3 heterocycles. The van der Waals surface area contributed by atoms with Gasteiger partial charge < -0.3 is 15.5 Å². The average molecular weight is 481 g/mol. The summed E-state index contributed by atoms with van der Waals surface area (Å²) in [7, 11) is 0. The Morgan fingerprint density at radius 1 is 1.16 bits per heavy atom. The lowest BCUT2D eigenvalue weighted by Gasteiger charge is -2.30. The zero-order valence-electron chi connectivity index (χ0n) is 17.5. The number of benzene rings is 2. The molecule has 0 spiro atoms. The molecule has 0 radical (unpaired) electrons. The van der Waals surface area contributed by atoms with Crippen molar-refractivity contribution in [2.75, 3.05) is 36.9 Å². The van der Waals surface area contributed by atoms with E-state index in [0.717, 1.165) is 52.5 Å². The van der Waals surface area contributed by atoms with Crippen LogP contribution in [-0.2, 0) is 9.63 Å². The molecule has 31 heavy (non-hydrogen) atoms. The third-order valence-electron chi connectivity index (χ3n) is 6.05. The van der Waals surface area contributed by atoms with Crippen LogP contribution < -0.4 is 10.6 Å². The maximum Gasteiger partial charge on any atom is 0.258 e. The summed E-state index contributed by atoms with van der Waals surface area (Å²) in [6, 6.07) is 13.7. The van der Waals surface area contributed by atoms with Crippen LogP contribution >= 0.6 is 15.9 Å². The van der Waals surface area contributed by atoms with Crippen LogP contribution in [0.3, 0.4) is 0 Å². The molecule has 3 aliphatic rings. The monoisotopic (exact) mass is 480 g/mol. The third-order valence-corrected chi connectivity index (χ3v) is 6.54. The number of anilines is 2. The number of carbonyl (C=O) groups excluding carboxylic acids is 1. The molecule has 160 valence electrons. The van der Waals surface area contributed by atoms with Crippen molar-refractivity contribution in [1.29, 1.82) is 0 Å². The zero-order chi connectivity index (χ0) is 21.4. The van der Waals surface area contributed by atoms with Gasteiger partial charge in [0.15, 0.2) is 0 Å². The minimum absolute atomic E-state index is 0.140. The van der Waals surface area contributed by atoms with Crippen LogP contribution in [0, 0.1) is 5.92 Å². The van der Waals surface area contributed by atoms with E-state index >= 15 is 0 Å². The number of allylic oxidation sites excluding steroid dienone is 1. The van der Waals surface area contributed by atoms with Crippen LogP contribution in [0.15, 0.2) is 57.8 Å². The van der Waals surface area contributed by atoms with Crippen molar-refractivity contribution in [3.05, 3.63) is 63.8 Å². The van der Waals surface area contributed by atoms with E-state index < -0.39 is 0 Å². The Morgan fingerprint density at radius 2 is 2.00 bits per heavy atom. The number of hydrogen-bond acceptors (Lipinski definition) is 5. The van der Waals surface area contributed by atoms with Gasteiger partial charge in [0.25, 0.3) is 5.91 Å². The largest absolute Gasteiger partial charge is 0.394 e. The first-order chi connectivity index (χ1) is 15.1. The van der Waals surface area contributed by atoms with Crippen molar-refractivity contribution < 1.29 is 9.63 Å². The van der Waals surface area contributed by atoms with Gasteiger partial charge in [-0.15, -0.1) is 0 Å². The molecular formula is C24H25BrN4O2. The molecule has 0 aliphatic carbocycles. The summed E-state index contributed by atoms with van der Waals surface area (Å²) in [6.07, 6.45) is 2.55. The molecule has 3 aliphatic heterocycles. The number of nitrogens with one attached hydrogen (secondary N) is 2. The van der Waals surface area contributed by atoms with Gasteiger partial charge in [0, 0.05) is 40.1 Å². The summed E-state index contributed by atoms with van der Waals surface area (Å²) < 4.78 is 0.918. The summed E-state index contributed by atoms with van der Waals surface area (Å²) >= 11 is 3.52.